The molecule has 0 aromatic heterocycles. The van der Waals surface area contributed by atoms with Crippen molar-refractivity contribution in [3.8, 4) is 0 Å². The summed E-state index contributed by atoms with van der Waals surface area (Å²) >= 11 is 0. The van der Waals surface area contributed by atoms with E-state index in [2.05, 4.69) is 0 Å². The summed E-state index contributed by atoms with van der Waals surface area (Å²) in [4.78, 5) is 0. The molecule has 3 fully saturated rings. The van der Waals surface area contributed by atoms with Crippen LogP contribution >= 0.6 is 0 Å². The van der Waals surface area contributed by atoms with Crippen molar-refractivity contribution >= 4 is 0 Å². The van der Waals surface area contributed by atoms with E-state index in [9.17, 15) is 5.11 Å². The van der Waals surface area contributed by atoms with Gasteiger partial charge in [0.05, 0.1) is 16.8 Å². The van der Waals surface area contributed by atoms with Gasteiger partial charge in [0.2, 0.25) is 0 Å². The van der Waals surface area contributed by atoms with Crippen LogP contribution in [0.5, 0.6) is 0 Å². The van der Waals surface area contributed by atoms with Crippen molar-refractivity contribution in [1.82, 2.24) is 0 Å². The van der Waals surface area contributed by atoms with Gasteiger partial charge in [0.25, 0.3) is 0 Å². The van der Waals surface area contributed by atoms with Crippen molar-refractivity contribution in [3.63, 3.8) is 0 Å². The van der Waals surface area contributed by atoms with Gasteiger partial charge in [-0.2, -0.15) is 0 Å². The third-order valence-corrected chi connectivity index (χ3v) is 6.56. The molecule has 21 heavy (non-hydrogen) atoms. The molecule has 1 atom stereocenters. The average Bonchev–Trinajstić information content (AvgIpc) is 3.24. The molecule has 0 radical (unpaired) electrons. The Morgan fingerprint density at radius 2 is 1.38 bits per heavy atom. The Balaban J connectivity index is 1.75. The summed E-state index contributed by atoms with van der Waals surface area (Å²) in [6.07, 6.45) is 13.5. The van der Waals surface area contributed by atoms with Crippen molar-refractivity contribution in [3.05, 3.63) is 0 Å². The fraction of sp³-hybridized carbons (Fsp3) is 1.00. The standard InChI is InChI=1S/C18H32O3/c1-20-16(9-6-10-16)13-18(19,14-17(21-2)11-12-17)15-7-4-3-5-8-15/h15,19H,3-14H2,1-2H3. The van der Waals surface area contributed by atoms with Crippen LogP contribution in [-0.4, -0.2) is 36.1 Å². The van der Waals surface area contributed by atoms with Gasteiger partial charge in [0, 0.05) is 27.1 Å². The zero-order chi connectivity index (χ0) is 15.0. The Hall–Kier alpha value is -0.120. The van der Waals surface area contributed by atoms with Crippen molar-refractivity contribution in [2.45, 2.75) is 93.9 Å². The molecule has 0 aliphatic heterocycles. The molecule has 122 valence electrons. The maximum Gasteiger partial charge on any atom is 0.0730 e. The zero-order valence-corrected chi connectivity index (χ0v) is 13.8. The van der Waals surface area contributed by atoms with Gasteiger partial charge in [-0.15, -0.1) is 0 Å². The minimum absolute atomic E-state index is 0.0368. The van der Waals surface area contributed by atoms with Crippen LogP contribution in [0.2, 0.25) is 0 Å². The normalized spacial score (nSPS) is 30.4. The van der Waals surface area contributed by atoms with E-state index in [1.54, 1.807) is 0 Å². The second-order valence-corrected chi connectivity index (χ2v) is 7.92. The van der Waals surface area contributed by atoms with Crippen LogP contribution in [0.15, 0.2) is 0 Å². The molecule has 3 heteroatoms. The Morgan fingerprint density at radius 3 is 1.76 bits per heavy atom. The fourth-order valence-electron chi connectivity index (χ4n) is 4.72. The minimum atomic E-state index is -0.594. The number of hydrogen-bond acceptors (Lipinski definition) is 3. The molecular formula is C18H32O3. The van der Waals surface area contributed by atoms with Gasteiger partial charge in [-0.1, -0.05) is 19.3 Å². The minimum Gasteiger partial charge on any atom is -0.389 e. The van der Waals surface area contributed by atoms with Gasteiger partial charge in [-0.25, -0.2) is 0 Å². The Labute approximate surface area is 129 Å². The van der Waals surface area contributed by atoms with E-state index in [4.69, 9.17) is 9.47 Å². The predicted octanol–water partition coefficient (Wildman–Crippen LogP) is 3.83. The lowest BCUT2D eigenvalue weighted by Gasteiger charge is -2.49. The Kier molecular flexibility index (Phi) is 4.37. The summed E-state index contributed by atoms with van der Waals surface area (Å²) in [7, 11) is 3.63. The van der Waals surface area contributed by atoms with E-state index in [1.165, 1.54) is 38.5 Å². The van der Waals surface area contributed by atoms with Crippen molar-refractivity contribution in [2.24, 2.45) is 5.92 Å². The van der Waals surface area contributed by atoms with Crippen LogP contribution in [-0.2, 0) is 9.47 Å². The van der Waals surface area contributed by atoms with Gasteiger partial charge in [0.15, 0.2) is 0 Å². The van der Waals surface area contributed by atoms with E-state index in [0.717, 1.165) is 38.5 Å². The number of rotatable bonds is 7. The molecular weight excluding hydrogens is 264 g/mol. The second kappa shape index (κ2) is 5.82. The molecule has 3 aliphatic rings. The number of methoxy groups -OCH3 is 2. The lowest BCUT2D eigenvalue weighted by Crippen LogP contribution is -2.52. The maximum absolute atomic E-state index is 11.6. The molecule has 3 aliphatic carbocycles. The highest BCUT2D eigenvalue weighted by molar-refractivity contribution is 5.07. The summed E-state index contributed by atoms with van der Waals surface area (Å²) in [5.74, 6) is 0.437. The van der Waals surface area contributed by atoms with E-state index < -0.39 is 5.60 Å². The van der Waals surface area contributed by atoms with Crippen LogP contribution in [0.4, 0.5) is 0 Å². The Bertz CT molecular complexity index is 348. The van der Waals surface area contributed by atoms with Gasteiger partial charge >= 0.3 is 0 Å². The van der Waals surface area contributed by atoms with Crippen molar-refractivity contribution in [2.75, 3.05) is 14.2 Å². The van der Waals surface area contributed by atoms with Crippen LogP contribution in [0.25, 0.3) is 0 Å². The van der Waals surface area contributed by atoms with E-state index in [-0.39, 0.29) is 11.2 Å². The maximum atomic E-state index is 11.6. The molecule has 0 spiro atoms. The highest BCUT2D eigenvalue weighted by atomic mass is 16.5. The quantitative estimate of drug-likeness (QED) is 0.776. The lowest BCUT2D eigenvalue weighted by atomic mass is 9.64. The SMILES string of the molecule is COC1(CC(O)(CC2(OC)CC2)C2CCCCC2)CCC1. The highest BCUT2D eigenvalue weighted by Crippen LogP contribution is 2.53. The highest BCUT2D eigenvalue weighted by Gasteiger charge is 2.55. The van der Waals surface area contributed by atoms with E-state index >= 15 is 0 Å². The predicted molar refractivity (Wildman–Crippen MR) is 83.3 cm³/mol. The van der Waals surface area contributed by atoms with Crippen LogP contribution in [0.3, 0.4) is 0 Å². The molecule has 0 saturated heterocycles. The summed E-state index contributed by atoms with van der Waals surface area (Å²) in [5, 5.41) is 11.6. The van der Waals surface area contributed by atoms with E-state index in [0.29, 0.717) is 5.92 Å². The molecule has 3 nitrogen and oxygen atoms in total. The molecule has 0 heterocycles. The molecule has 3 rings (SSSR count). The third kappa shape index (κ3) is 3.16. The molecule has 0 bridgehead atoms. The number of hydrogen-bond donors (Lipinski definition) is 1. The summed E-state index contributed by atoms with van der Waals surface area (Å²) in [6, 6.07) is 0. The molecule has 0 aromatic carbocycles. The van der Waals surface area contributed by atoms with Gasteiger partial charge in [-0.05, 0) is 50.9 Å². The monoisotopic (exact) mass is 296 g/mol. The molecule has 1 unspecified atom stereocenters. The average molecular weight is 296 g/mol. The Morgan fingerprint density at radius 1 is 0.857 bits per heavy atom. The topological polar surface area (TPSA) is 38.7 Å². The first kappa shape index (κ1) is 15.8. The first-order valence-corrected chi connectivity index (χ1v) is 8.88. The summed E-state index contributed by atoms with van der Waals surface area (Å²) < 4.78 is 11.6. The molecule has 0 amide bonds. The van der Waals surface area contributed by atoms with Crippen molar-refractivity contribution in [1.29, 1.82) is 0 Å². The number of aliphatic hydroxyl groups is 1. The first-order valence-electron chi connectivity index (χ1n) is 8.88. The van der Waals surface area contributed by atoms with Crippen LogP contribution in [0, 0.1) is 5.92 Å². The van der Waals surface area contributed by atoms with Crippen LogP contribution in [0.1, 0.15) is 77.0 Å². The summed E-state index contributed by atoms with van der Waals surface area (Å²) in [6.45, 7) is 0. The third-order valence-electron chi connectivity index (χ3n) is 6.56. The lowest BCUT2D eigenvalue weighted by molar-refractivity contribution is -0.163. The van der Waals surface area contributed by atoms with Crippen molar-refractivity contribution < 1.29 is 14.6 Å². The molecule has 3 saturated carbocycles. The van der Waals surface area contributed by atoms with E-state index in [1.807, 2.05) is 14.2 Å². The smallest absolute Gasteiger partial charge is 0.0730 e. The number of ether oxygens (including phenoxy) is 2. The fourth-order valence-corrected chi connectivity index (χ4v) is 4.72. The van der Waals surface area contributed by atoms with Crippen LogP contribution < -0.4 is 0 Å². The first-order chi connectivity index (χ1) is 10.1. The largest absolute Gasteiger partial charge is 0.389 e. The van der Waals surface area contributed by atoms with Gasteiger partial charge in [0.1, 0.15) is 0 Å². The second-order valence-electron chi connectivity index (χ2n) is 7.92. The van der Waals surface area contributed by atoms with Gasteiger partial charge < -0.3 is 14.6 Å². The van der Waals surface area contributed by atoms with Gasteiger partial charge in [-0.3, -0.25) is 0 Å². The zero-order valence-electron chi connectivity index (χ0n) is 13.8. The molecule has 0 aromatic rings. The molecule has 1 N–H and O–H groups in total. The summed E-state index contributed by atoms with van der Waals surface area (Å²) in [5.41, 5.74) is -0.690.